The standard InChI is InChI=1S/C20H25N3O5S/c1-5-23(14-19(24)21-17-8-6-7-9-18(17)28-4)20(25)15-10-12-16(13-11-15)29(26,27)22(2)3/h6-13H,5,14H2,1-4H3,(H,21,24). The van der Waals surface area contributed by atoms with E-state index in [1.165, 1.54) is 50.4 Å². The molecule has 2 aromatic carbocycles. The topological polar surface area (TPSA) is 96.0 Å². The Morgan fingerprint density at radius 3 is 2.21 bits per heavy atom. The number of sulfonamides is 1. The van der Waals surface area contributed by atoms with E-state index in [4.69, 9.17) is 4.74 Å². The molecule has 2 aromatic rings. The summed E-state index contributed by atoms with van der Waals surface area (Å²) in [5, 5.41) is 2.73. The Morgan fingerprint density at radius 2 is 1.66 bits per heavy atom. The number of carbonyl (C=O) groups excluding carboxylic acids is 2. The van der Waals surface area contributed by atoms with Gasteiger partial charge in [0, 0.05) is 26.2 Å². The number of methoxy groups -OCH3 is 1. The smallest absolute Gasteiger partial charge is 0.254 e. The molecule has 0 atom stereocenters. The molecular formula is C20H25N3O5S. The van der Waals surface area contributed by atoms with Crippen LogP contribution in [0, 0.1) is 0 Å². The zero-order valence-electron chi connectivity index (χ0n) is 16.9. The molecule has 0 fully saturated rings. The Morgan fingerprint density at radius 1 is 1.03 bits per heavy atom. The lowest BCUT2D eigenvalue weighted by Gasteiger charge is -2.21. The summed E-state index contributed by atoms with van der Waals surface area (Å²) in [6, 6.07) is 12.6. The Kier molecular flexibility index (Phi) is 7.35. The molecule has 0 aliphatic rings. The van der Waals surface area contributed by atoms with E-state index in [-0.39, 0.29) is 23.3 Å². The number of carbonyl (C=O) groups is 2. The van der Waals surface area contributed by atoms with Crippen molar-refractivity contribution in [2.24, 2.45) is 0 Å². The number of benzene rings is 2. The van der Waals surface area contributed by atoms with Gasteiger partial charge in [0.1, 0.15) is 12.3 Å². The zero-order chi connectivity index (χ0) is 21.6. The van der Waals surface area contributed by atoms with Crippen LogP contribution in [0.15, 0.2) is 53.4 Å². The molecule has 0 saturated carbocycles. The van der Waals surface area contributed by atoms with E-state index < -0.39 is 10.0 Å². The fourth-order valence-corrected chi connectivity index (χ4v) is 3.50. The predicted molar refractivity (Wildman–Crippen MR) is 111 cm³/mol. The summed E-state index contributed by atoms with van der Waals surface area (Å²) in [7, 11) is 0.810. The third-order valence-electron chi connectivity index (χ3n) is 4.26. The van der Waals surface area contributed by atoms with Crippen molar-refractivity contribution in [2.75, 3.05) is 39.6 Å². The number of likely N-dealkylation sites (N-methyl/N-ethyl adjacent to an activating group) is 1. The van der Waals surface area contributed by atoms with Crippen LogP contribution in [-0.2, 0) is 14.8 Å². The first-order chi connectivity index (χ1) is 13.7. The van der Waals surface area contributed by atoms with Crippen LogP contribution in [0.3, 0.4) is 0 Å². The van der Waals surface area contributed by atoms with Crippen LogP contribution in [0.5, 0.6) is 5.75 Å². The molecule has 156 valence electrons. The molecule has 0 aromatic heterocycles. The van der Waals surface area contributed by atoms with Crippen LogP contribution >= 0.6 is 0 Å². The Labute approximate surface area is 171 Å². The van der Waals surface area contributed by atoms with Crippen molar-refractivity contribution in [3.8, 4) is 5.75 Å². The molecule has 0 aliphatic heterocycles. The van der Waals surface area contributed by atoms with Gasteiger partial charge in [-0.05, 0) is 43.3 Å². The van der Waals surface area contributed by atoms with Crippen molar-refractivity contribution in [3.63, 3.8) is 0 Å². The average Bonchev–Trinajstić information content (AvgIpc) is 2.71. The second-order valence-corrected chi connectivity index (χ2v) is 8.53. The highest BCUT2D eigenvalue weighted by atomic mass is 32.2. The molecule has 0 aliphatic carbocycles. The Hall–Kier alpha value is -2.91. The van der Waals surface area contributed by atoms with Gasteiger partial charge in [-0.1, -0.05) is 12.1 Å². The molecule has 2 rings (SSSR count). The lowest BCUT2D eigenvalue weighted by atomic mass is 10.2. The number of anilines is 1. The van der Waals surface area contributed by atoms with Gasteiger partial charge in [0.2, 0.25) is 15.9 Å². The van der Waals surface area contributed by atoms with Crippen molar-refractivity contribution < 1.29 is 22.7 Å². The molecule has 8 nitrogen and oxygen atoms in total. The molecule has 0 spiro atoms. The number of nitrogens with zero attached hydrogens (tertiary/aromatic N) is 2. The Balaban J connectivity index is 2.11. The maximum Gasteiger partial charge on any atom is 0.254 e. The predicted octanol–water partition coefficient (Wildman–Crippen LogP) is 2.05. The minimum Gasteiger partial charge on any atom is -0.495 e. The van der Waals surface area contributed by atoms with Crippen LogP contribution in [0.2, 0.25) is 0 Å². The maximum atomic E-state index is 12.7. The highest BCUT2D eigenvalue weighted by Gasteiger charge is 2.21. The molecule has 0 heterocycles. The number of para-hydroxylation sites is 2. The highest BCUT2D eigenvalue weighted by molar-refractivity contribution is 7.89. The van der Waals surface area contributed by atoms with Gasteiger partial charge in [-0.25, -0.2) is 12.7 Å². The van der Waals surface area contributed by atoms with Gasteiger partial charge in [0.05, 0.1) is 17.7 Å². The van der Waals surface area contributed by atoms with Crippen LogP contribution in [0.4, 0.5) is 5.69 Å². The summed E-state index contributed by atoms with van der Waals surface area (Å²) in [4.78, 5) is 26.6. The van der Waals surface area contributed by atoms with Gasteiger partial charge >= 0.3 is 0 Å². The summed E-state index contributed by atoms with van der Waals surface area (Å²) in [5.41, 5.74) is 0.816. The number of amides is 2. The molecule has 29 heavy (non-hydrogen) atoms. The van der Waals surface area contributed by atoms with Crippen molar-refractivity contribution in [1.82, 2.24) is 9.21 Å². The summed E-state index contributed by atoms with van der Waals surface area (Å²) in [6.07, 6.45) is 0. The zero-order valence-corrected chi connectivity index (χ0v) is 17.7. The second kappa shape index (κ2) is 9.53. The van der Waals surface area contributed by atoms with E-state index in [1.807, 2.05) is 0 Å². The monoisotopic (exact) mass is 419 g/mol. The number of nitrogens with one attached hydrogen (secondary N) is 1. The van der Waals surface area contributed by atoms with Gasteiger partial charge in [-0.2, -0.15) is 0 Å². The first-order valence-electron chi connectivity index (χ1n) is 8.95. The molecule has 0 unspecified atom stereocenters. The quantitative estimate of drug-likeness (QED) is 0.706. The maximum absolute atomic E-state index is 12.7. The van der Waals surface area contributed by atoms with Gasteiger partial charge in [-0.3, -0.25) is 9.59 Å². The van der Waals surface area contributed by atoms with Crippen LogP contribution in [-0.4, -0.2) is 63.7 Å². The summed E-state index contributed by atoms with van der Waals surface area (Å²) < 4.78 is 30.6. The second-order valence-electron chi connectivity index (χ2n) is 6.38. The van der Waals surface area contributed by atoms with Gasteiger partial charge in [-0.15, -0.1) is 0 Å². The molecule has 0 bridgehead atoms. The van der Waals surface area contributed by atoms with Gasteiger partial charge < -0.3 is 15.0 Å². The fraction of sp³-hybridized carbons (Fsp3) is 0.300. The van der Waals surface area contributed by atoms with E-state index >= 15 is 0 Å². The molecular weight excluding hydrogens is 394 g/mol. The Bertz CT molecular complexity index is 972. The van der Waals surface area contributed by atoms with E-state index in [1.54, 1.807) is 31.2 Å². The lowest BCUT2D eigenvalue weighted by molar-refractivity contribution is -0.116. The van der Waals surface area contributed by atoms with Gasteiger partial charge in [0.25, 0.3) is 5.91 Å². The first kappa shape index (κ1) is 22.4. The minimum atomic E-state index is -3.57. The summed E-state index contributed by atoms with van der Waals surface area (Å²) in [6.45, 7) is 1.93. The van der Waals surface area contributed by atoms with E-state index in [9.17, 15) is 18.0 Å². The number of hydrogen-bond acceptors (Lipinski definition) is 5. The number of rotatable bonds is 8. The first-order valence-corrected chi connectivity index (χ1v) is 10.4. The largest absolute Gasteiger partial charge is 0.495 e. The molecule has 0 radical (unpaired) electrons. The highest BCUT2D eigenvalue weighted by Crippen LogP contribution is 2.23. The van der Waals surface area contributed by atoms with E-state index in [0.29, 0.717) is 23.5 Å². The van der Waals surface area contributed by atoms with E-state index in [0.717, 1.165) is 4.31 Å². The SMILES string of the molecule is CCN(CC(=O)Nc1ccccc1OC)C(=O)c1ccc(S(=O)(=O)N(C)C)cc1. The normalized spacial score (nSPS) is 11.2. The fourth-order valence-electron chi connectivity index (χ4n) is 2.60. The van der Waals surface area contributed by atoms with Gasteiger partial charge in [0.15, 0.2) is 0 Å². The minimum absolute atomic E-state index is 0.0935. The third-order valence-corrected chi connectivity index (χ3v) is 6.09. The van der Waals surface area contributed by atoms with Crippen molar-refractivity contribution in [1.29, 1.82) is 0 Å². The summed E-state index contributed by atoms with van der Waals surface area (Å²) >= 11 is 0. The lowest BCUT2D eigenvalue weighted by Crippen LogP contribution is -2.38. The van der Waals surface area contributed by atoms with Crippen molar-refractivity contribution >= 4 is 27.5 Å². The molecule has 9 heteroatoms. The number of hydrogen-bond donors (Lipinski definition) is 1. The average molecular weight is 420 g/mol. The van der Waals surface area contributed by atoms with Crippen LogP contribution in [0.1, 0.15) is 17.3 Å². The van der Waals surface area contributed by atoms with Crippen molar-refractivity contribution in [3.05, 3.63) is 54.1 Å². The van der Waals surface area contributed by atoms with E-state index in [2.05, 4.69) is 5.32 Å². The third kappa shape index (κ3) is 5.33. The molecule has 0 saturated heterocycles. The van der Waals surface area contributed by atoms with Crippen LogP contribution < -0.4 is 10.1 Å². The summed E-state index contributed by atoms with van der Waals surface area (Å²) in [5.74, 6) is -0.208. The molecule has 2 amide bonds. The molecule has 1 N–H and O–H groups in total. The van der Waals surface area contributed by atoms with Crippen LogP contribution in [0.25, 0.3) is 0 Å². The van der Waals surface area contributed by atoms with Crippen molar-refractivity contribution in [2.45, 2.75) is 11.8 Å². The number of ether oxygens (including phenoxy) is 1.